The van der Waals surface area contributed by atoms with E-state index in [0.717, 1.165) is 25.7 Å². The van der Waals surface area contributed by atoms with Crippen molar-refractivity contribution in [2.45, 2.75) is 52.5 Å². The molecule has 0 radical (unpaired) electrons. The maximum atomic E-state index is 10.9. The van der Waals surface area contributed by atoms with Crippen molar-refractivity contribution in [3.63, 3.8) is 0 Å². The molecule has 0 fully saturated rings. The van der Waals surface area contributed by atoms with E-state index >= 15 is 0 Å². The van der Waals surface area contributed by atoms with Gasteiger partial charge in [-0.15, -0.1) is 0 Å². The number of nitrogen functional groups attached to an aromatic ring is 1. The van der Waals surface area contributed by atoms with E-state index in [4.69, 9.17) is 5.73 Å². The maximum Gasteiger partial charge on any atom is 0.333 e. The summed E-state index contributed by atoms with van der Waals surface area (Å²) in [5.74, 6) is 0.180. The first-order valence-corrected chi connectivity index (χ1v) is 6.01. The molecule has 6 nitrogen and oxygen atoms in total. The fourth-order valence-corrected chi connectivity index (χ4v) is 2.12. The molecule has 6 heteroatoms. The first-order valence-electron chi connectivity index (χ1n) is 6.01. The number of anilines is 1. The van der Waals surface area contributed by atoms with Crippen molar-refractivity contribution in [1.29, 1.82) is 0 Å². The Morgan fingerprint density at radius 3 is 2.29 bits per heavy atom. The van der Waals surface area contributed by atoms with Crippen LogP contribution in [-0.4, -0.2) is 14.7 Å². The molecule has 1 aromatic heterocycles. The molecule has 1 rings (SSSR count). The molecule has 2 N–H and O–H groups in total. The lowest BCUT2D eigenvalue weighted by Gasteiger charge is -2.16. The lowest BCUT2D eigenvalue weighted by Crippen LogP contribution is -2.13. The normalized spacial score (nSPS) is 11.1. The van der Waals surface area contributed by atoms with Crippen LogP contribution in [0.3, 0.4) is 0 Å². The van der Waals surface area contributed by atoms with Gasteiger partial charge in [-0.1, -0.05) is 26.7 Å². The first kappa shape index (κ1) is 13.5. The van der Waals surface area contributed by atoms with Gasteiger partial charge < -0.3 is 5.73 Å². The molecular weight excluding hydrogens is 220 g/mol. The Kier molecular flexibility index (Phi) is 4.48. The van der Waals surface area contributed by atoms with Crippen molar-refractivity contribution < 1.29 is 4.92 Å². The summed E-state index contributed by atoms with van der Waals surface area (Å²) in [5, 5.41) is 15.1. The van der Waals surface area contributed by atoms with Crippen LogP contribution >= 0.6 is 0 Å². The number of rotatable bonds is 6. The summed E-state index contributed by atoms with van der Waals surface area (Å²) >= 11 is 0. The summed E-state index contributed by atoms with van der Waals surface area (Å²) in [6, 6.07) is 0.164. The van der Waals surface area contributed by atoms with E-state index in [2.05, 4.69) is 18.9 Å². The lowest BCUT2D eigenvalue weighted by molar-refractivity contribution is -0.384. The highest BCUT2D eigenvalue weighted by Gasteiger charge is 2.26. The highest BCUT2D eigenvalue weighted by molar-refractivity contribution is 5.56. The zero-order valence-corrected chi connectivity index (χ0v) is 10.6. The van der Waals surface area contributed by atoms with Gasteiger partial charge in [-0.05, 0) is 19.8 Å². The van der Waals surface area contributed by atoms with Gasteiger partial charge in [-0.25, -0.2) is 4.68 Å². The number of nitrogens with two attached hydrogens (primary N) is 1. The molecule has 0 aliphatic carbocycles. The van der Waals surface area contributed by atoms with Gasteiger partial charge >= 0.3 is 5.69 Å². The molecule has 0 saturated heterocycles. The Bertz CT molecular complexity index is 394. The molecule has 0 aliphatic rings. The van der Waals surface area contributed by atoms with Crippen molar-refractivity contribution in [3.8, 4) is 0 Å². The van der Waals surface area contributed by atoms with E-state index in [1.165, 1.54) is 0 Å². The molecule has 17 heavy (non-hydrogen) atoms. The molecule has 0 spiro atoms. The summed E-state index contributed by atoms with van der Waals surface area (Å²) in [6.45, 7) is 5.80. The molecule has 0 saturated carbocycles. The van der Waals surface area contributed by atoms with Crippen LogP contribution in [0.25, 0.3) is 0 Å². The van der Waals surface area contributed by atoms with Gasteiger partial charge in [0.15, 0.2) is 0 Å². The van der Waals surface area contributed by atoms with Crippen LogP contribution in [0.2, 0.25) is 0 Å². The van der Waals surface area contributed by atoms with Gasteiger partial charge in [0.1, 0.15) is 5.69 Å². The number of nitrogens with zero attached hydrogens (tertiary/aromatic N) is 3. The second-order valence-electron chi connectivity index (χ2n) is 4.25. The molecule has 0 atom stereocenters. The van der Waals surface area contributed by atoms with Crippen molar-refractivity contribution in [1.82, 2.24) is 9.78 Å². The Balaban J connectivity index is 3.11. The maximum absolute atomic E-state index is 10.9. The third-order valence-electron chi connectivity index (χ3n) is 2.86. The predicted octanol–water partition coefficient (Wildman–Crippen LogP) is 2.82. The van der Waals surface area contributed by atoms with E-state index in [1.807, 2.05) is 0 Å². The molecule has 1 aromatic rings. The standard InChI is InChI=1S/C11H20N4O2/c1-4-6-9(7-5-2)14-11(12)10(15(16)17)8(3)13-14/h9H,4-7,12H2,1-3H3. The van der Waals surface area contributed by atoms with Gasteiger partial charge in [0.25, 0.3) is 0 Å². The molecule has 0 aliphatic heterocycles. The number of aromatic nitrogens is 2. The molecule has 0 aromatic carbocycles. The summed E-state index contributed by atoms with van der Waals surface area (Å²) in [4.78, 5) is 10.4. The number of aryl methyl sites for hydroxylation is 1. The highest BCUT2D eigenvalue weighted by Crippen LogP contribution is 2.31. The van der Waals surface area contributed by atoms with E-state index in [1.54, 1.807) is 11.6 Å². The molecule has 1 heterocycles. The Labute approximate surface area is 101 Å². The highest BCUT2D eigenvalue weighted by atomic mass is 16.6. The minimum atomic E-state index is -0.455. The summed E-state index contributed by atoms with van der Waals surface area (Å²) in [7, 11) is 0. The van der Waals surface area contributed by atoms with Crippen molar-refractivity contribution in [3.05, 3.63) is 15.8 Å². The summed E-state index contributed by atoms with van der Waals surface area (Å²) < 4.78 is 1.63. The van der Waals surface area contributed by atoms with Crippen LogP contribution in [-0.2, 0) is 0 Å². The number of nitro groups is 1. The van der Waals surface area contributed by atoms with Gasteiger partial charge in [0.2, 0.25) is 5.82 Å². The molecule has 0 amide bonds. The molecule has 0 unspecified atom stereocenters. The van der Waals surface area contributed by atoms with E-state index in [0.29, 0.717) is 5.69 Å². The number of hydrogen-bond acceptors (Lipinski definition) is 4. The average molecular weight is 240 g/mol. The first-order chi connectivity index (χ1) is 8.02. The van der Waals surface area contributed by atoms with Crippen LogP contribution in [0.4, 0.5) is 11.5 Å². The zero-order valence-electron chi connectivity index (χ0n) is 10.6. The minimum absolute atomic E-state index is 0.0535. The van der Waals surface area contributed by atoms with Crippen LogP contribution in [0.1, 0.15) is 51.3 Å². The summed E-state index contributed by atoms with van der Waals surface area (Å²) in [5.41, 5.74) is 6.17. The predicted molar refractivity (Wildman–Crippen MR) is 66.9 cm³/mol. The van der Waals surface area contributed by atoms with Gasteiger partial charge in [0.05, 0.1) is 11.0 Å². The Morgan fingerprint density at radius 2 is 1.94 bits per heavy atom. The lowest BCUT2D eigenvalue weighted by atomic mass is 10.1. The van der Waals surface area contributed by atoms with Crippen molar-refractivity contribution >= 4 is 11.5 Å². The fraction of sp³-hybridized carbons (Fsp3) is 0.727. The van der Waals surface area contributed by atoms with Crippen LogP contribution in [0, 0.1) is 17.0 Å². The van der Waals surface area contributed by atoms with Crippen LogP contribution < -0.4 is 5.73 Å². The average Bonchev–Trinajstić information content (AvgIpc) is 2.54. The SMILES string of the molecule is CCCC(CCC)n1nc(C)c([N+](=O)[O-])c1N. The molecular formula is C11H20N4O2. The molecule has 96 valence electrons. The van der Waals surface area contributed by atoms with E-state index < -0.39 is 4.92 Å². The second kappa shape index (κ2) is 5.65. The van der Waals surface area contributed by atoms with E-state index in [-0.39, 0.29) is 17.5 Å². The van der Waals surface area contributed by atoms with Crippen molar-refractivity contribution in [2.75, 3.05) is 5.73 Å². The monoisotopic (exact) mass is 240 g/mol. The van der Waals surface area contributed by atoms with E-state index in [9.17, 15) is 10.1 Å². The third kappa shape index (κ3) is 2.75. The van der Waals surface area contributed by atoms with Crippen LogP contribution in [0.5, 0.6) is 0 Å². The van der Waals surface area contributed by atoms with Gasteiger partial charge in [0, 0.05) is 0 Å². The second-order valence-corrected chi connectivity index (χ2v) is 4.25. The fourth-order valence-electron chi connectivity index (χ4n) is 2.12. The Hall–Kier alpha value is -1.59. The molecule has 0 bridgehead atoms. The number of hydrogen-bond donors (Lipinski definition) is 1. The van der Waals surface area contributed by atoms with Gasteiger partial charge in [-0.2, -0.15) is 5.10 Å². The topological polar surface area (TPSA) is 87.0 Å². The third-order valence-corrected chi connectivity index (χ3v) is 2.86. The Morgan fingerprint density at radius 1 is 1.41 bits per heavy atom. The quantitative estimate of drug-likeness (QED) is 0.611. The van der Waals surface area contributed by atoms with Crippen molar-refractivity contribution in [2.24, 2.45) is 0 Å². The van der Waals surface area contributed by atoms with Gasteiger partial charge in [-0.3, -0.25) is 10.1 Å². The van der Waals surface area contributed by atoms with Crippen LogP contribution in [0.15, 0.2) is 0 Å². The zero-order chi connectivity index (χ0) is 13.0. The minimum Gasteiger partial charge on any atom is -0.378 e. The smallest absolute Gasteiger partial charge is 0.333 e. The summed E-state index contributed by atoms with van der Waals surface area (Å²) in [6.07, 6.45) is 3.90. The largest absolute Gasteiger partial charge is 0.378 e.